The molecule has 2 rings (SSSR count). The Hall–Kier alpha value is -1.26. The standard InChI is InChI=1S/C10H7ClN2OS/c1-6-8(9(11)14)13-10(15-6)7-3-2-4-12-5-7/h2-5H,1H3. The van der Waals surface area contributed by atoms with Gasteiger partial charge in [-0.15, -0.1) is 11.3 Å². The first-order valence-corrected chi connectivity index (χ1v) is 5.45. The van der Waals surface area contributed by atoms with Crippen molar-refractivity contribution in [1.29, 1.82) is 0 Å². The summed E-state index contributed by atoms with van der Waals surface area (Å²) in [5.41, 5.74) is 1.23. The highest BCUT2D eigenvalue weighted by Crippen LogP contribution is 2.27. The van der Waals surface area contributed by atoms with Crippen molar-refractivity contribution in [2.24, 2.45) is 0 Å². The lowest BCUT2D eigenvalue weighted by molar-refractivity contribution is 0.107. The summed E-state index contributed by atoms with van der Waals surface area (Å²) in [7, 11) is 0. The maximum Gasteiger partial charge on any atom is 0.271 e. The molecule has 2 heterocycles. The van der Waals surface area contributed by atoms with Gasteiger partial charge in [0.15, 0.2) is 0 Å². The molecule has 0 amide bonds. The molecule has 0 unspecified atom stereocenters. The van der Waals surface area contributed by atoms with Gasteiger partial charge in [-0.1, -0.05) is 0 Å². The van der Waals surface area contributed by atoms with Crippen molar-refractivity contribution >= 4 is 28.2 Å². The predicted octanol–water partition coefficient (Wildman–Crippen LogP) is 2.89. The number of carbonyl (C=O) groups is 1. The Kier molecular flexibility index (Phi) is 2.79. The summed E-state index contributed by atoms with van der Waals surface area (Å²) >= 11 is 6.84. The van der Waals surface area contributed by atoms with E-state index in [2.05, 4.69) is 9.97 Å². The van der Waals surface area contributed by atoms with Crippen LogP contribution in [0.2, 0.25) is 0 Å². The van der Waals surface area contributed by atoms with Crippen LogP contribution in [0.4, 0.5) is 0 Å². The minimum atomic E-state index is -0.515. The minimum Gasteiger partial charge on any atom is -0.274 e. The summed E-state index contributed by atoms with van der Waals surface area (Å²) in [4.78, 5) is 20.0. The highest BCUT2D eigenvalue weighted by molar-refractivity contribution is 7.15. The third-order valence-corrected chi connectivity index (χ3v) is 3.09. The van der Waals surface area contributed by atoms with E-state index < -0.39 is 5.24 Å². The van der Waals surface area contributed by atoms with Crippen molar-refractivity contribution in [1.82, 2.24) is 9.97 Å². The number of pyridine rings is 1. The molecule has 0 radical (unpaired) electrons. The zero-order valence-electron chi connectivity index (χ0n) is 7.90. The lowest BCUT2D eigenvalue weighted by Gasteiger charge is -1.91. The molecule has 76 valence electrons. The van der Waals surface area contributed by atoms with Crippen molar-refractivity contribution in [3.63, 3.8) is 0 Å². The molecule has 2 aromatic heterocycles. The van der Waals surface area contributed by atoms with Gasteiger partial charge in [0.25, 0.3) is 5.24 Å². The second-order valence-corrected chi connectivity index (χ2v) is 4.49. The molecule has 0 saturated carbocycles. The van der Waals surface area contributed by atoms with E-state index in [1.165, 1.54) is 11.3 Å². The average Bonchev–Trinajstić information content (AvgIpc) is 2.62. The van der Waals surface area contributed by atoms with Crippen molar-refractivity contribution in [2.45, 2.75) is 6.92 Å². The minimum absolute atomic E-state index is 0.334. The summed E-state index contributed by atoms with van der Waals surface area (Å²) in [6.07, 6.45) is 3.40. The number of hydrogen-bond donors (Lipinski definition) is 0. The van der Waals surface area contributed by atoms with E-state index in [9.17, 15) is 4.79 Å². The molecule has 0 fully saturated rings. The Morgan fingerprint density at radius 3 is 2.87 bits per heavy atom. The number of aromatic nitrogens is 2. The van der Waals surface area contributed by atoms with E-state index >= 15 is 0 Å². The Morgan fingerprint density at radius 2 is 2.33 bits per heavy atom. The van der Waals surface area contributed by atoms with Gasteiger partial charge in [-0.25, -0.2) is 4.98 Å². The molecule has 15 heavy (non-hydrogen) atoms. The number of nitrogens with zero attached hydrogens (tertiary/aromatic N) is 2. The van der Waals surface area contributed by atoms with Gasteiger partial charge in [0, 0.05) is 22.8 Å². The highest BCUT2D eigenvalue weighted by atomic mass is 35.5. The summed E-state index contributed by atoms with van der Waals surface area (Å²) in [5, 5.41) is 0.253. The van der Waals surface area contributed by atoms with Crippen LogP contribution < -0.4 is 0 Å². The molecular formula is C10H7ClN2OS. The van der Waals surface area contributed by atoms with E-state index in [-0.39, 0.29) is 0 Å². The lowest BCUT2D eigenvalue weighted by atomic mass is 10.3. The van der Waals surface area contributed by atoms with Gasteiger partial charge in [0.05, 0.1) is 0 Å². The first kappa shape index (κ1) is 10.3. The Morgan fingerprint density at radius 1 is 1.53 bits per heavy atom. The second-order valence-electron chi connectivity index (χ2n) is 2.94. The lowest BCUT2D eigenvalue weighted by Crippen LogP contribution is -1.91. The zero-order chi connectivity index (χ0) is 10.8. The van der Waals surface area contributed by atoms with Crippen molar-refractivity contribution in [2.75, 3.05) is 0 Å². The fourth-order valence-corrected chi connectivity index (χ4v) is 2.33. The predicted molar refractivity (Wildman–Crippen MR) is 60.3 cm³/mol. The summed E-state index contributed by atoms with van der Waals surface area (Å²) < 4.78 is 0. The van der Waals surface area contributed by atoms with Crippen LogP contribution in [-0.4, -0.2) is 15.2 Å². The summed E-state index contributed by atoms with van der Waals surface area (Å²) in [5.74, 6) is 0. The SMILES string of the molecule is Cc1sc(-c2cccnc2)nc1C(=O)Cl. The molecule has 3 nitrogen and oxygen atoms in total. The van der Waals surface area contributed by atoms with Crippen molar-refractivity contribution < 1.29 is 4.79 Å². The van der Waals surface area contributed by atoms with Gasteiger partial charge in [0.2, 0.25) is 0 Å². The van der Waals surface area contributed by atoms with Crippen LogP contribution in [0.15, 0.2) is 24.5 Å². The van der Waals surface area contributed by atoms with Crippen molar-refractivity contribution in [3.05, 3.63) is 35.1 Å². The monoisotopic (exact) mass is 238 g/mol. The largest absolute Gasteiger partial charge is 0.274 e. The first-order chi connectivity index (χ1) is 7.18. The summed E-state index contributed by atoms with van der Waals surface area (Å²) in [6, 6.07) is 3.72. The average molecular weight is 239 g/mol. The normalized spacial score (nSPS) is 10.3. The molecule has 0 spiro atoms. The molecule has 2 aromatic rings. The number of aryl methyl sites for hydroxylation is 1. The molecular weight excluding hydrogens is 232 g/mol. The van der Waals surface area contributed by atoms with Gasteiger partial charge in [-0.3, -0.25) is 9.78 Å². The van der Waals surface area contributed by atoms with Crippen molar-refractivity contribution in [3.8, 4) is 10.6 Å². The van der Waals surface area contributed by atoms with E-state index in [0.717, 1.165) is 15.4 Å². The molecule has 0 bridgehead atoms. The second kappa shape index (κ2) is 4.08. The highest BCUT2D eigenvalue weighted by Gasteiger charge is 2.13. The van der Waals surface area contributed by atoms with Crippen LogP contribution in [0.3, 0.4) is 0 Å². The first-order valence-electron chi connectivity index (χ1n) is 4.26. The Bertz CT molecular complexity index is 495. The topological polar surface area (TPSA) is 42.9 Å². The van der Waals surface area contributed by atoms with E-state index in [0.29, 0.717) is 5.69 Å². The van der Waals surface area contributed by atoms with E-state index in [1.807, 2.05) is 19.1 Å². The molecule has 0 aliphatic heterocycles. The van der Waals surface area contributed by atoms with Crippen LogP contribution in [0.25, 0.3) is 10.6 Å². The smallest absolute Gasteiger partial charge is 0.271 e. The van der Waals surface area contributed by atoms with Crippen LogP contribution in [0, 0.1) is 6.92 Å². The van der Waals surface area contributed by atoms with Gasteiger partial charge in [-0.2, -0.15) is 0 Å². The van der Waals surface area contributed by atoms with Crippen LogP contribution in [0.5, 0.6) is 0 Å². The quantitative estimate of drug-likeness (QED) is 0.756. The van der Waals surface area contributed by atoms with Gasteiger partial charge in [-0.05, 0) is 30.7 Å². The third-order valence-electron chi connectivity index (χ3n) is 1.89. The molecule has 0 aliphatic carbocycles. The molecule has 0 aromatic carbocycles. The number of carbonyl (C=O) groups excluding carboxylic acids is 1. The molecule has 0 N–H and O–H groups in total. The van der Waals surface area contributed by atoms with Crippen LogP contribution >= 0.6 is 22.9 Å². The fourth-order valence-electron chi connectivity index (χ4n) is 1.19. The van der Waals surface area contributed by atoms with Crippen LogP contribution in [0.1, 0.15) is 15.4 Å². The van der Waals surface area contributed by atoms with E-state index in [4.69, 9.17) is 11.6 Å². The molecule has 5 heteroatoms. The number of hydrogen-bond acceptors (Lipinski definition) is 4. The molecule has 0 saturated heterocycles. The fraction of sp³-hybridized carbons (Fsp3) is 0.100. The van der Waals surface area contributed by atoms with Gasteiger partial charge < -0.3 is 0 Å². The maximum absolute atomic E-state index is 11.0. The van der Waals surface area contributed by atoms with Crippen LogP contribution in [-0.2, 0) is 0 Å². The summed E-state index contributed by atoms with van der Waals surface area (Å²) in [6.45, 7) is 1.83. The molecule has 0 atom stereocenters. The Labute approximate surface area is 95.8 Å². The zero-order valence-corrected chi connectivity index (χ0v) is 9.47. The Balaban J connectivity index is 2.48. The van der Waals surface area contributed by atoms with E-state index in [1.54, 1.807) is 12.4 Å². The van der Waals surface area contributed by atoms with Gasteiger partial charge in [0.1, 0.15) is 10.7 Å². The third kappa shape index (κ3) is 2.06. The van der Waals surface area contributed by atoms with Gasteiger partial charge >= 0.3 is 0 Å². The number of rotatable bonds is 2. The molecule has 0 aliphatic rings. The number of thiazole rings is 1. The number of halogens is 1. The maximum atomic E-state index is 11.0.